The molecule has 0 radical (unpaired) electrons. The van der Waals surface area contributed by atoms with Crippen molar-refractivity contribution in [3.63, 3.8) is 0 Å². The Balaban J connectivity index is 2.73. The Morgan fingerprint density at radius 3 is 2.44 bits per heavy atom. The van der Waals surface area contributed by atoms with Gasteiger partial charge in [0.15, 0.2) is 0 Å². The van der Waals surface area contributed by atoms with Crippen molar-refractivity contribution in [3.8, 4) is 0 Å². The highest BCUT2D eigenvalue weighted by Gasteiger charge is 2.29. The fourth-order valence-electron chi connectivity index (χ4n) is 1.53. The number of hydrogen-bond donors (Lipinski definition) is 4. The average Bonchev–Trinajstić information content (AvgIpc) is 2.35. The maximum Gasteiger partial charge on any atom is 0.230 e. The second-order valence-electron chi connectivity index (χ2n) is 4.79. The Bertz CT molecular complexity index is 401. The van der Waals surface area contributed by atoms with Crippen LogP contribution in [0.3, 0.4) is 0 Å². The molecule has 0 heterocycles. The quantitative estimate of drug-likeness (QED) is 0.555. The minimum absolute atomic E-state index is 0.0355. The summed E-state index contributed by atoms with van der Waals surface area (Å²) < 4.78 is 0. The van der Waals surface area contributed by atoms with Gasteiger partial charge in [-0.05, 0) is 31.5 Å². The van der Waals surface area contributed by atoms with Crippen LogP contribution in [0.2, 0.25) is 0 Å². The highest BCUT2D eigenvalue weighted by molar-refractivity contribution is 5.87. The number of nitrogens with one attached hydrogen (secondary N) is 1. The number of benzene rings is 1. The van der Waals surface area contributed by atoms with Crippen molar-refractivity contribution < 1.29 is 15.0 Å². The first-order valence-electron chi connectivity index (χ1n) is 5.81. The molecule has 0 aliphatic carbocycles. The topological polar surface area (TPSA) is 95.6 Å². The summed E-state index contributed by atoms with van der Waals surface area (Å²) in [4.78, 5) is 12.0. The third kappa shape index (κ3) is 3.45. The van der Waals surface area contributed by atoms with E-state index in [0.717, 1.165) is 5.56 Å². The van der Waals surface area contributed by atoms with Crippen LogP contribution < -0.4 is 11.1 Å². The van der Waals surface area contributed by atoms with Gasteiger partial charge in [-0.15, -0.1) is 0 Å². The van der Waals surface area contributed by atoms with Gasteiger partial charge in [-0.1, -0.05) is 12.1 Å². The van der Waals surface area contributed by atoms with Crippen LogP contribution in [0.5, 0.6) is 0 Å². The third-order valence-corrected chi connectivity index (χ3v) is 2.91. The normalized spacial score (nSPS) is 13.1. The summed E-state index contributed by atoms with van der Waals surface area (Å²) in [6.45, 7) is 3.24. The largest absolute Gasteiger partial charge is 0.399 e. The zero-order chi connectivity index (χ0) is 13.8. The number of nitrogens with two attached hydrogens (primary N) is 1. The summed E-state index contributed by atoms with van der Waals surface area (Å²) in [6, 6.07) is 7.09. The summed E-state index contributed by atoms with van der Waals surface area (Å²) in [5, 5.41) is 20.5. The number of carbonyl (C=O) groups excluding carboxylic acids is 1. The van der Waals surface area contributed by atoms with Crippen molar-refractivity contribution in [2.24, 2.45) is 0 Å². The van der Waals surface area contributed by atoms with Crippen molar-refractivity contribution in [1.82, 2.24) is 5.32 Å². The molecule has 0 fully saturated rings. The molecule has 1 aromatic carbocycles. The Labute approximate surface area is 107 Å². The van der Waals surface area contributed by atoms with E-state index in [2.05, 4.69) is 5.32 Å². The van der Waals surface area contributed by atoms with Gasteiger partial charge in [0.2, 0.25) is 5.91 Å². The molecule has 0 aliphatic heterocycles. The number of carbonyl (C=O) groups is 1. The number of amides is 1. The number of aliphatic hydroxyl groups is 2. The lowest BCUT2D eigenvalue weighted by molar-refractivity contribution is -0.126. The minimum Gasteiger partial charge on any atom is -0.399 e. The molecule has 0 aromatic heterocycles. The average molecular weight is 252 g/mol. The summed E-state index contributed by atoms with van der Waals surface area (Å²) in [6.07, 6.45) is -0.934. The molecule has 0 aliphatic rings. The van der Waals surface area contributed by atoms with Gasteiger partial charge in [-0.2, -0.15) is 0 Å². The summed E-state index contributed by atoms with van der Waals surface area (Å²) in [7, 11) is 0. The number of rotatable bonds is 5. The second kappa shape index (κ2) is 5.84. The van der Waals surface area contributed by atoms with E-state index < -0.39 is 11.5 Å². The first kappa shape index (κ1) is 14.5. The van der Waals surface area contributed by atoms with Gasteiger partial charge >= 0.3 is 0 Å². The molecule has 1 rings (SSSR count). The fourth-order valence-corrected chi connectivity index (χ4v) is 1.53. The van der Waals surface area contributed by atoms with Gasteiger partial charge in [0, 0.05) is 12.2 Å². The summed E-state index contributed by atoms with van der Waals surface area (Å²) in [5.74, 6) is -0.209. The zero-order valence-corrected chi connectivity index (χ0v) is 10.7. The lowest BCUT2D eigenvalue weighted by Gasteiger charge is -2.25. The number of nitrogen functional groups attached to an aromatic ring is 1. The molecule has 1 unspecified atom stereocenters. The van der Waals surface area contributed by atoms with E-state index in [1.165, 1.54) is 0 Å². The van der Waals surface area contributed by atoms with Crippen molar-refractivity contribution in [2.75, 3.05) is 18.9 Å². The number of anilines is 1. The maximum atomic E-state index is 12.0. The SMILES string of the molecule is CC(C)(C(=O)NCC(O)CO)c1ccc(N)cc1. The van der Waals surface area contributed by atoms with Crippen molar-refractivity contribution in [2.45, 2.75) is 25.4 Å². The Morgan fingerprint density at radius 2 is 1.94 bits per heavy atom. The van der Waals surface area contributed by atoms with Gasteiger partial charge < -0.3 is 21.3 Å². The predicted octanol–water partition coefficient (Wildman–Crippen LogP) is 0.0158. The van der Waals surface area contributed by atoms with E-state index in [1.54, 1.807) is 38.1 Å². The molecule has 18 heavy (non-hydrogen) atoms. The van der Waals surface area contributed by atoms with Gasteiger partial charge in [0.1, 0.15) is 0 Å². The molecule has 1 atom stereocenters. The molecule has 100 valence electrons. The first-order valence-corrected chi connectivity index (χ1v) is 5.81. The lowest BCUT2D eigenvalue weighted by Crippen LogP contribution is -2.43. The van der Waals surface area contributed by atoms with E-state index >= 15 is 0 Å². The van der Waals surface area contributed by atoms with Crippen LogP contribution >= 0.6 is 0 Å². The summed E-state index contributed by atoms with van der Waals surface area (Å²) in [5.41, 5.74) is 6.37. The molecule has 0 saturated carbocycles. The smallest absolute Gasteiger partial charge is 0.230 e. The molecule has 5 heteroatoms. The molecule has 5 nitrogen and oxygen atoms in total. The van der Waals surface area contributed by atoms with E-state index in [9.17, 15) is 9.90 Å². The van der Waals surface area contributed by atoms with Gasteiger partial charge in [0.25, 0.3) is 0 Å². The maximum absolute atomic E-state index is 12.0. The highest BCUT2D eigenvalue weighted by atomic mass is 16.3. The van der Waals surface area contributed by atoms with Crippen LogP contribution in [0.4, 0.5) is 5.69 Å². The standard InChI is InChI=1S/C13H20N2O3/c1-13(2,9-3-5-10(14)6-4-9)12(18)15-7-11(17)8-16/h3-6,11,16-17H,7-8,14H2,1-2H3,(H,15,18). The van der Waals surface area contributed by atoms with Gasteiger partial charge in [-0.25, -0.2) is 0 Å². The van der Waals surface area contributed by atoms with E-state index in [-0.39, 0.29) is 19.1 Å². The predicted molar refractivity (Wildman–Crippen MR) is 70.0 cm³/mol. The Hall–Kier alpha value is -1.59. The van der Waals surface area contributed by atoms with Crippen molar-refractivity contribution in [3.05, 3.63) is 29.8 Å². The first-order chi connectivity index (χ1) is 8.37. The van der Waals surface area contributed by atoms with E-state index in [0.29, 0.717) is 5.69 Å². The van der Waals surface area contributed by atoms with Crippen LogP contribution in [0.15, 0.2) is 24.3 Å². The highest BCUT2D eigenvalue weighted by Crippen LogP contribution is 2.24. The van der Waals surface area contributed by atoms with Crippen molar-refractivity contribution >= 4 is 11.6 Å². The fraction of sp³-hybridized carbons (Fsp3) is 0.462. The molecule has 0 saturated heterocycles. The van der Waals surface area contributed by atoms with Crippen LogP contribution in [-0.4, -0.2) is 35.4 Å². The Kier molecular flexibility index (Phi) is 4.69. The van der Waals surface area contributed by atoms with Gasteiger partial charge in [-0.3, -0.25) is 4.79 Å². The summed E-state index contributed by atoms with van der Waals surface area (Å²) >= 11 is 0. The van der Waals surface area contributed by atoms with E-state index in [1.807, 2.05) is 0 Å². The zero-order valence-electron chi connectivity index (χ0n) is 10.7. The Morgan fingerprint density at radius 1 is 1.39 bits per heavy atom. The van der Waals surface area contributed by atoms with Crippen molar-refractivity contribution in [1.29, 1.82) is 0 Å². The van der Waals surface area contributed by atoms with Crippen LogP contribution in [0.25, 0.3) is 0 Å². The second-order valence-corrected chi connectivity index (χ2v) is 4.79. The molecular formula is C13H20N2O3. The number of aliphatic hydroxyl groups excluding tert-OH is 2. The lowest BCUT2D eigenvalue weighted by atomic mass is 9.83. The third-order valence-electron chi connectivity index (χ3n) is 2.91. The molecule has 0 bridgehead atoms. The molecule has 1 aromatic rings. The molecule has 0 spiro atoms. The molecular weight excluding hydrogens is 232 g/mol. The molecule has 1 amide bonds. The minimum atomic E-state index is -0.934. The van der Waals surface area contributed by atoms with Gasteiger partial charge in [0.05, 0.1) is 18.1 Å². The van der Waals surface area contributed by atoms with Crippen LogP contribution in [0, 0.1) is 0 Å². The number of hydrogen-bond acceptors (Lipinski definition) is 4. The van der Waals surface area contributed by atoms with Crippen LogP contribution in [-0.2, 0) is 10.2 Å². The van der Waals surface area contributed by atoms with Crippen LogP contribution in [0.1, 0.15) is 19.4 Å². The molecule has 5 N–H and O–H groups in total. The van der Waals surface area contributed by atoms with E-state index in [4.69, 9.17) is 10.8 Å². The monoisotopic (exact) mass is 252 g/mol.